The molecule has 1 aromatic carbocycles. The van der Waals surface area contributed by atoms with Crippen LogP contribution in [0.5, 0.6) is 0 Å². The number of thiophene rings is 1. The second kappa shape index (κ2) is 6.53. The largest absolute Gasteiger partial charge is 0.311 e. The van der Waals surface area contributed by atoms with Crippen LogP contribution >= 0.6 is 23.1 Å². The lowest BCUT2D eigenvalue weighted by Crippen LogP contribution is -2.30. The molecule has 3 aromatic rings. The van der Waals surface area contributed by atoms with Crippen LogP contribution in [0.25, 0.3) is 10.2 Å². The number of benzene rings is 1. The third kappa shape index (κ3) is 2.80. The first kappa shape index (κ1) is 15.6. The molecule has 0 aliphatic carbocycles. The standard InChI is InChI=1S/C18H17N3OS2/c1-2-13-9-14-17(19-11-20-18(14)24-13)23-10-16(22)21-8-7-12-5-3-4-6-15(12)21/h3-6,9,11H,2,7-8,10H2,1H3. The SMILES string of the molecule is CCc1cc2c(SCC(=O)N3CCc4ccccc43)ncnc2s1. The Hall–Kier alpha value is -1.92. The average molecular weight is 355 g/mol. The highest BCUT2D eigenvalue weighted by atomic mass is 32.2. The molecule has 122 valence electrons. The average Bonchev–Trinajstić information content (AvgIpc) is 3.23. The molecule has 1 aliphatic heterocycles. The number of rotatable bonds is 4. The minimum atomic E-state index is 0.141. The van der Waals surface area contributed by atoms with Gasteiger partial charge in [0.1, 0.15) is 16.2 Å². The molecule has 0 radical (unpaired) electrons. The molecule has 1 aliphatic rings. The van der Waals surface area contributed by atoms with Crippen molar-refractivity contribution in [1.29, 1.82) is 0 Å². The highest BCUT2D eigenvalue weighted by molar-refractivity contribution is 8.00. The molecule has 0 fully saturated rings. The van der Waals surface area contributed by atoms with Gasteiger partial charge in [-0.05, 0) is 30.5 Å². The Morgan fingerprint density at radius 1 is 1.33 bits per heavy atom. The third-order valence-corrected chi connectivity index (χ3v) is 6.39. The molecule has 2 aromatic heterocycles. The molecule has 0 spiro atoms. The van der Waals surface area contributed by atoms with Crippen molar-refractivity contribution in [3.05, 3.63) is 47.1 Å². The third-order valence-electron chi connectivity index (χ3n) is 4.21. The highest BCUT2D eigenvalue weighted by Gasteiger charge is 2.24. The maximum absolute atomic E-state index is 12.6. The van der Waals surface area contributed by atoms with Crippen molar-refractivity contribution < 1.29 is 4.79 Å². The van der Waals surface area contributed by atoms with Gasteiger partial charge >= 0.3 is 0 Å². The maximum Gasteiger partial charge on any atom is 0.237 e. The van der Waals surface area contributed by atoms with E-state index in [1.165, 1.54) is 22.2 Å². The van der Waals surface area contributed by atoms with Crippen LogP contribution in [0.15, 0.2) is 41.7 Å². The molecule has 4 rings (SSSR count). The van der Waals surface area contributed by atoms with Gasteiger partial charge in [0.2, 0.25) is 5.91 Å². The Kier molecular flexibility index (Phi) is 4.24. The Morgan fingerprint density at radius 2 is 2.21 bits per heavy atom. The zero-order chi connectivity index (χ0) is 16.5. The molecule has 1 amide bonds. The van der Waals surface area contributed by atoms with E-state index in [1.807, 2.05) is 23.1 Å². The van der Waals surface area contributed by atoms with E-state index < -0.39 is 0 Å². The molecule has 3 heterocycles. The number of carbonyl (C=O) groups is 1. The van der Waals surface area contributed by atoms with Gasteiger partial charge < -0.3 is 4.90 Å². The summed E-state index contributed by atoms with van der Waals surface area (Å²) in [5, 5.41) is 1.97. The zero-order valence-electron chi connectivity index (χ0n) is 13.4. The molecule has 4 nitrogen and oxygen atoms in total. The number of amides is 1. The van der Waals surface area contributed by atoms with Gasteiger partial charge in [0, 0.05) is 22.5 Å². The fourth-order valence-electron chi connectivity index (χ4n) is 2.98. The Bertz CT molecular complexity index is 906. The summed E-state index contributed by atoms with van der Waals surface area (Å²) in [6, 6.07) is 10.3. The van der Waals surface area contributed by atoms with Crippen molar-refractivity contribution in [3.63, 3.8) is 0 Å². The van der Waals surface area contributed by atoms with E-state index in [9.17, 15) is 4.79 Å². The minimum absolute atomic E-state index is 0.141. The number of hydrogen-bond acceptors (Lipinski definition) is 5. The van der Waals surface area contributed by atoms with Gasteiger partial charge in [-0.25, -0.2) is 9.97 Å². The molecular formula is C18H17N3OS2. The minimum Gasteiger partial charge on any atom is -0.311 e. The Morgan fingerprint density at radius 3 is 3.08 bits per heavy atom. The van der Waals surface area contributed by atoms with E-state index in [1.54, 1.807) is 17.7 Å². The van der Waals surface area contributed by atoms with Gasteiger partial charge in [-0.2, -0.15) is 0 Å². The number of hydrogen-bond donors (Lipinski definition) is 0. The molecule has 24 heavy (non-hydrogen) atoms. The molecule has 0 bridgehead atoms. The first-order valence-corrected chi connectivity index (χ1v) is 9.81. The molecule has 0 unspecified atom stereocenters. The van der Waals surface area contributed by atoms with Gasteiger partial charge in [0.25, 0.3) is 0 Å². The van der Waals surface area contributed by atoms with Crippen molar-refractivity contribution in [3.8, 4) is 0 Å². The van der Waals surface area contributed by atoms with E-state index in [0.717, 1.165) is 40.3 Å². The number of para-hydroxylation sites is 1. The van der Waals surface area contributed by atoms with Crippen molar-refractivity contribution >= 4 is 44.9 Å². The maximum atomic E-state index is 12.6. The summed E-state index contributed by atoms with van der Waals surface area (Å²) in [7, 11) is 0. The van der Waals surface area contributed by atoms with Gasteiger partial charge in [-0.3, -0.25) is 4.79 Å². The molecule has 0 N–H and O–H groups in total. The number of thioether (sulfide) groups is 1. The van der Waals surface area contributed by atoms with Crippen LogP contribution in [0.1, 0.15) is 17.4 Å². The smallest absolute Gasteiger partial charge is 0.237 e. The van der Waals surface area contributed by atoms with Crippen molar-refractivity contribution in [2.24, 2.45) is 0 Å². The lowest BCUT2D eigenvalue weighted by atomic mass is 10.2. The van der Waals surface area contributed by atoms with Gasteiger partial charge in [-0.1, -0.05) is 36.9 Å². The van der Waals surface area contributed by atoms with E-state index in [4.69, 9.17) is 0 Å². The summed E-state index contributed by atoms with van der Waals surface area (Å²) in [6.07, 6.45) is 3.53. The van der Waals surface area contributed by atoms with Crippen LogP contribution < -0.4 is 4.90 Å². The monoisotopic (exact) mass is 355 g/mol. The van der Waals surface area contributed by atoms with Gasteiger partial charge in [0.15, 0.2) is 0 Å². The first-order valence-electron chi connectivity index (χ1n) is 8.00. The predicted octanol–water partition coefficient (Wildman–Crippen LogP) is 3.94. The van der Waals surface area contributed by atoms with Crippen molar-refractivity contribution in [2.45, 2.75) is 24.8 Å². The lowest BCUT2D eigenvalue weighted by Gasteiger charge is -2.16. The number of aromatic nitrogens is 2. The lowest BCUT2D eigenvalue weighted by molar-refractivity contribution is -0.116. The van der Waals surface area contributed by atoms with Crippen LogP contribution in [-0.4, -0.2) is 28.2 Å². The van der Waals surface area contributed by atoms with E-state index in [2.05, 4.69) is 29.0 Å². The predicted molar refractivity (Wildman–Crippen MR) is 100 cm³/mol. The molecule has 6 heteroatoms. The quantitative estimate of drug-likeness (QED) is 0.525. The van der Waals surface area contributed by atoms with Crippen molar-refractivity contribution in [2.75, 3.05) is 17.2 Å². The summed E-state index contributed by atoms with van der Waals surface area (Å²) in [5.41, 5.74) is 2.31. The van der Waals surface area contributed by atoms with Crippen LogP contribution in [0.3, 0.4) is 0 Å². The zero-order valence-corrected chi connectivity index (χ0v) is 15.0. The van der Waals surface area contributed by atoms with Crippen LogP contribution in [0.2, 0.25) is 0 Å². The van der Waals surface area contributed by atoms with E-state index in [-0.39, 0.29) is 5.91 Å². The number of anilines is 1. The fraction of sp³-hybridized carbons (Fsp3) is 0.278. The molecule has 0 saturated heterocycles. The van der Waals surface area contributed by atoms with E-state index >= 15 is 0 Å². The number of nitrogens with zero attached hydrogens (tertiary/aromatic N) is 3. The van der Waals surface area contributed by atoms with Gasteiger partial charge in [-0.15, -0.1) is 11.3 Å². The highest BCUT2D eigenvalue weighted by Crippen LogP contribution is 2.32. The molecule has 0 atom stereocenters. The molecule has 0 saturated carbocycles. The number of fused-ring (bicyclic) bond motifs is 2. The summed E-state index contributed by atoms with van der Waals surface area (Å²) < 4.78 is 0. The number of carbonyl (C=O) groups excluding carboxylic acids is 1. The van der Waals surface area contributed by atoms with Crippen LogP contribution in [0, 0.1) is 0 Å². The normalized spacial score (nSPS) is 13.5. The Labute approximate surface area is 148 Å². The van der Waals surface area contributed by atoms with Gasteiger partial charge in [0.05, 0.1) is 5.75 Å². The van der Waals surface area contributed by atoms with E-state index in [0.29, 0.717) is 5.75 Å². The summed E-state index contributed by atoms with van der Waals surface area (Å²) in [5.74, 6) is 0.542. The second-order valence-electron chi connectivity index (χ2n) is 5.68. The first-order chi connectivity index (χ1) is 11.8. The summed E-state index contributed by atoms with van der Waals surface area (Å²) in [6.45, 7) is 2.91. The van der Waals surface area contributed by atoms with Crippen LogP contribution in [0.4, 0.5) is 5.69 Å². The van der Waals surface area contributed by atoms with Crippen LogP contribution in [-0.2, 0) is 17.6 Å². The topological polar surface area (TPSA) is 46.1 Å². The summed E-state index contributed by atoms with van der Waals surface area (Å²) in [4.78, 5) is 25.6. The summed E-state index contributed by atoms with van der Waals surface area (Å²) >= 11 is 3.21. The number of aryl methyl sites for hydroxylation is 1. The fourth-order valence-corrected chi connectivity index (χ4v) is 4.83. The Balaban J connectivity index is 1.51. The molecular weight excluding hydrogens is 338 g/mol. The van der Waals surface area contributed by atoms with Crippen molar-refractivity contribution in [1.82, 2.24) is 9.97 Å². The second-order valence-corrected chi connectivity index (χ2v) is 7.76.